The zero-order valence-corrected chi connectivity index (χ0v) is 14.3. The van der Waals surface area contributed by atoms with Crippen molar-refractivity contribution in [1.82, 2.24) is 10.2 Å². The highest BCUT2D eigenvalue weighted by atomic mass is 32.1. The van der Waals surface area contributed by atoms with Crippen LogP contribution in [0.3, 0.4) is 0 Å². The maximum atomic E-state index is 10.7. The van der Waals surface area contributed by atoms with E-state index in [1.807, 2.05) is 12.1 Å². The van der Waals surface area contributed by atoms with E-state index in [1.165, 1.54) is 0 Å². The predicted octanol–water partition coefficient (Wildman–Crippen LogP) is 1.77. The molecule has 1 aromatic carbocycles. The first-order valence-electron chi connectivity index (χ1n) is 8.27. The number of piperazine rings is 1. The van der Waals surface area contributed by atoms with Crippen molar-refractivity contribution >= 4 is 28.7 Å². The smallest absolute Gasteiger partial charge is 0.269 e. The van der Waals surface area contributed by atoms with E-state index in [2.05, 4.69) is 15.1 Å². The number of benzene rings is 1. The highest BCUT2D eigenvalue weighted by molar-refractivity contribution is 7.80. The fourth-order valence-electron chi connectivity index (χ4n) is 3.07. The Hall–Kier alpha value is -1.93. The molecule has 1 N–H and O–H groups in total. The molecular formula is C16H22N4O3S. The first-order chi connectivity index (χ1) is 11.6. The average Bonchev–Trinajstić information content (AvgIpc) is 3.13. The number of rotatable bonds is 4. The van der Waals surface area contributed by atoms with Crippen molar-refractivity contribution in [2.75, 3.05) is 44.2 Å². The summed E-state index contributed by atoms with van der Waals surface area (Å²) in [5.74, 6) is 0. The lowest BCUT2D eigenvalue weighted by Gasteiger charge is -2.37. The molecule has 0 aliphatic carbocycles. The zero-order chi connectivity index (χ0) is 16.9. The van der Waals surface area contributed by atoms with Crippen LogP contribution in [0.25, 0.3) is 0 Å². The number of nitro groups is 1. The van der Waals surface area contributed by atoms with Gasteiger partial charge in [0.1, 0.15) is 0 Å². The largest absolute Gasteiger partial charge is 0.376 e. The number of thiocarbonyl (C=S) groups is 1. The van der Waals surface area contributed by atoms with Crippen LogP contribution in [0.5, 0.6) is 0 Å². The van der Waals surface area contributed by atoms with Crippen LogP contribution in [0, 0.1) is 10.1 Å². The van der Waals surface area contributed by atoms with Gasteiger partial charge in [0.25, 0.3) is 5.69 Å². The molecule has 0 radical (unpaired) electrons. The molecule has 7 nitrogen and oxygen atoms in total. The summed E-state index contributed by atoms with van der Waals surface area (Å²) in [5.41, 5.74) is 1.13. The second kappa shape index (κ2) is 7.76. The van der Waals surface area contributed by atoms with Gasteiger partial charge in [-0.3, -0.25) is 10.1 Å². The number of anilines is 1. The predicted molar refractivity (Wildman–Crippen MR) is 96.5 cm³/mol. The van der Waals surface area contributed by atoms with Crippen LogP contribution in [0.2, 0.25) is 0 Å². The molecule has 0 bridgehead atoms. The van der Waals surface area contributed by atoms with Gasteiger partial charge in [-0.05, 0) is 37.2 Å². The Labute approximate surface area is 146 Å². The fraction of sp³-hybridized carbons (Fsp3) is 0.562. The number of nitrogens with one attached hydrogen (secondary N) is 1. The molecule has 0 amide bonds. The van der Waals surface area contributed by atoms with E-state index in [9.17, 15) is 10.1 Å². The van der Waals surface area contributed by atoms with Gasteiger partial charge in [-0.1, -0.05) is 0 Å². The Balaban J connectivity index is 1.46. The van der Waals surface area contributed by atoms with Gasteiger partial charge in [-0.2, -0.15) is 0 Å². The number of hydrogen-bond donors (Lipinski definition) is 1. The Morgan fingerprint density at radius 1 is 1.29 bits per heavy atom. The minimum absolute atomic E-state index is 0.122. The summed E-state index contributed by atoms with van der Waals surface area (Å²) in [5, 5.41) is 14.8. The number of ether oxygens (including phenoxy) is 1. The van der Waals surface area contributed by atoms with Crippen molar-refractivity contribution in [1.29, 1.82) is 0 Å². The summed E-state index contributed by atoms with van der Waals surface area (Å²) in [6.45, 7) is 5.01. The maximum absolute atomic E-state index is 10.7. The minimum Gasteiger partial charge on any atom is -0.376 e. The van der Waals surface area contributed by atoms with Gasteiger partial charge >= 0.3 is 0 Å². The van der Waals surface area contributed by atoms with Crippen LogP contribution >= 0.6 is 12.2 Å². The van der Waals surface area contributed by atoms with Crippen LogP contribution in [0.15, 0.2) is 24.3 Å². The third-order valence-corrected chi connectivity index (χ3v) is 4.90. The van der Waals surface area contributed by atoms with Crippen molar-refractivity contribution in [2.24, 2.45) is 0 Å². The Morgan fingerprint density at radius 2 is 2.00 bits per heavy atom. The fourth-order valence-corrected chi connectivity index (χ4v) is 3.34. The van der Waals surface area contributed by atoms with Crippen LogP contribution < -0.4 is 10.2 Å². The highest BCUT2D eigenvalue weighted by Crippen LogP contribution is 2.20. The monoisotopic (exact) mass is 350 g/mol. The molecular weight excluding hydrogens is 328 g/mol. The van der Waals surface area contributed by atoms with Crippen LogP contribution in [-0.4, -0.2) is 60.4 Å². The van der Waals surface area contributed by atoms with E-state index in [0.29, 0.717) is 0 Å². The molecule has 130 valence electrons. The molecule has 3 rings (SSSR count). The van der Waals surface area contributed by atoms with Crippen LogP contribution in [-0.2, 0) is 4.74 Å². The van der Waals surface area contributed by atoms with Gasteiger partial charge in [-0.15, -0.1) is 0 Å². The van der Waals surface area contributed by atoms with Crippen molar-refractivity contribution in [3.8, 4) is 0 Å². The van der Waals surface area contributed by atoms with E-state index in [4.69, 9.17) is 17.0 Å². The molecule has 8 heteroatoms. The van der Waals surface area contributed by atoms with Gasteiger partial charge in [0.2, 0.25) is 0 Å². The molecule has 2 saturated heterocycles. The summed E-state index contributed by atoms with van der Waals surface area (Å²) in [6.07, 6.45) is 2.51. The normalized spacial score (nSPS) is 20.9. The number of nitro benzene ring substituents is 1. The van der Waals surface area contributed by atoms with Gasteiger partial charge in [0, 0.05) is 57.2 Å². The lowest BCUT2D eigenvalue weighted by Crippen LogP contribution is -2.52. The molecule has 24 heavy (non-hydrogen) atoms. The quantitative estimate of drug-likeness (QED) is 0.504. The summed E-state index contributed by atoms with van der Waals surface area (Å²) in [6, 6.07) is 6.72. The lowest BCUT2D eigenvalue weighted by atomic mass is 10.2. The van der Waals surface area contributed by atoms with Crippen molar-refractivity contribution in [3.63, 3.8) is 0 Å². The number of non-ortho nitro benzene ring substituents is 1. The Bertz CT molecular complexity index is 581. The second-order valence-corrected chi connectivity index (χ2v) is 6.46. The number of nitrogens with zero attached hydrogens (tertiary/aromatic N) is 3. The van der Waals surface area contributed by atoms with Crippen LogP contribution in [0.1, 0.15) is 12.8 Å². The standard InChI is InChI=1S/C16H22N4O3S/c21-20(22)14-5-3-13(4-6-14)18-7-9-19(10-8-18)16(24)17-12-15-2-1-11-23-15/h3-6,15H,1-2,7-12H2,(H,17,24). The minimum atomic E-state index is -0.375. The van der Waals surface area contributed by atoms with E-state index >= 15 is 0 Å². The molecule has 0 spiro atoms. The van der Waals surface area contributed by atoms with Crippen LogP contribution in [0.4, 0.5) is 11.4 Å². The summed E-state index contributed by atoms with van der Waals surface area (Å²) < 4.78 is 5.60. The highest BCUT2D eigenvalue weighted by Gasteiger charge is 2.21. The number of hydrogen-bond acceptors (Lipinski definition) is 5. The molecule has 1 atom stereocenters. The van der Waals surface area contributed by atoms with Gasteiger partial charge in [-0.25, -0.2) is 0 Å². The van der Waals surface area contributed by atoms with E-state index in [0.717, 1.165) is 63.0 Å². The Kier molecular flexibility index (Phi) is 5.47. The molecule has 2 heterocycles. The SMILES string of the molecule is O=[N+]([O-])c1ccc(N2CCN(C(=S)NCC3CCCO3)CC2)cc1. The summed E-state index contributed by atoms with van der Waals surface area (Å²) in [4.78, 5) is 14.7. The van der Waals surface area contributed by atoms with Crippen molar-refractivity contribution in [3.05, 3.63) is 34.4 Å². The van der Waals surface area contributed by atoms with Crippen molar-refractivity contribution in [2.45, 2.75) is 18.9 Å². The molecule has 2 fully saturated rings. The summed E-state index contributed by atoms with van der Waals surface area (Å²) in [7, 11) is 0. The maximum Gasteiger partial charge on any atom is 0.269 e. The third kappa shape index (κ3) is 4.12. The molecule has 1 aromatic rings. The second-order valence-electron chi connectivity index (χ2n) is 6.07. The third-order valence-electron chi connectivity index (χ3n) is 4.50. The topological polar surface area (TPSA) is 70.9 Å². The average molecular weight is 350 g/mol. The lowest BCUT2D eigenvalue weighted by molar-refractivity contribution is -0.384. The first-order valence-corrected chi connectivity index (χ1v) is 8.68. The zero-order valence-electron chi connectivity index (χ0n) is 13.5. The molecule has 0 saturated carbocycles. The summed E-state index contributed by atoms with van der Waals surface area (Å²) >= 11 is 5.48. The van der Waals surface area contributed by atoms with Gasteiger partial charge in [0.05, 0.1) is 11.0 Å². The molecule has 2 aliphatic heterocycles. The first kappa shape index (κ1) is 16.9. The van der Waals surface area contributed by atoms with Gasteiger partial charge < -0.3 is 19.9 Å². The molecule has 1 unspecified atom stereocenters. The Morgan fingerprint density at radius 3 is 2.58 bits per heavy atom. The van der Waals surface area contributed by atoms with Gasteiger partial charge in [0.15, 0.2) is 5.11 Å². The molecule has 0 aromatic heterocycles. The van der Waals surface area contributed by atoms with E-state index in [1.54, 1.807) is 12.1 Å². The molecule has 2 aliphatic rings. The van der Waals surface area contributed by atoms with E-state index in [-0.39, 0.29) is 16.7 Å². The van der Waals surface area contributed by atoms with Crippen molar-refractivity contribution < 1.29 is 9.66 Å². The van der Waals surface area contributed by atoms with E-state index < -0.39 is 0 Å².